The Balaban J connectivity index is 2.03. The van der Waals surface area contributed by atoms with Crippen LogP contribution in [0.25, 0.3) is 0 Å². The van der Waals surface area contributed by atoms with Gasteiger partial charge in [0, 0.05) is 24.2 Å². The highest BCUT2D eigenvalue weighted by atomic mass is 32.2. The van der Waals surface area contributed by atoms with Crippen LogP contribution >= 0.6 is 11.8 Å². The first-order valence-corrected chi connectivity index (χ1v) is 7.17. The molecule has 0 saturated heterocycles. The summed E-state index contributed by atoms with van der Waals surface area (Å²) >= 11 is 1.66. The molecule has 0 aliphatic heterocycles. The molecule has 1 aromatic rings. The van der Waals surface area contributed by atoms with Crippen LogP contribution in [0.3, 0.4) is 0 Å². The van der Waals surface area contributed by atoms with Crippen LogP contribution in [0.15, 0.2) is 17.6 Å². The maximum atomic E-state index is 8.85. The van der Waals surface area contributed by atoms with Gasteiger partial charge in [0.2, 0.25) is 0 Å². The molecule has 0 atom stereocenters. The van der Waals surface area contributed by atoms with Crippen LogP contribution < -0.4 is 0 Å². The standard InChI is InChI=1S/C12H20N2OS/c15-9-10-16-12-13-7-8-14(12)11-5-3-1-2-4-6-11/h7-8,11,15H,1-6,9-10H2. The highest BCUT2D eigenvalue weighted by Gasteiger charge is 2.16. The van der Waals surface area contributed by atoms with E-state index in [1.165, 1.54) is 38.5 Å². The van der Waals surface area contributed by atoms with E-state index in [2.05, 4.69) is 15.7 Å². The van der Waals surface area contributed by atoms with E-state index < -0.39 is 0 Å². The number of aliphatic hydroxyl groups is 1. The maximum Gasteiger partial charge on any atom is 0.168 e. The quantitative estimate of drug-likeness (QED) is 0.649. The van der Waals surface area contributed by atoms with Crippen LogP contribution in [0.2, 0.25) is 0 Å². The van der Waals surface area contributed by atoms with Gasteiger partial charge >= 0.3 is 0 Å². The molecule has 2 rings (SSSR count). The Morgan fingerprint density at radius 2 is 2.06 bits per heavy atom. The van der Waals surface area contributed by atoms with Gasteiger partial charge in [0.1, 0.15) is 0 Å². The predicted octanol–water partition coefficient (Wildman–Crippen LogP) is 2.86. The smallest absolute Gasteiger partial charge is 0.168 e. The van der Waals surface area contributed by atoms with Crippen LogP contribution in [0.1, 0.15) is 44.6 Å². The molecule has 90 valence electrons. The summed E-state index contributed by atoms with van der Waals surface area (Å²) < 4.78 is 2.31. The molecule has 1 heterocycles. The van der Waals surface area contributed by atoms with Gasteiger partial charge in [0.05, 0.1) is 6.61 Å². The molecule has 1 aliphatic carbocycles. The molecule has 0 bridgehead atoms. The Morgan fingerprint density at radius 1 is 1.31 bits per heavy atom. The summed E-state index contributed by atoms with van der Waals surface area (Å²) in [7, 11) is 0. The van der Waals surface area contributed by atoms with E-state index in [1.807, 2.05) is 6.20 Å². The molecule has 16 heavy (non-hydrogen) atoms. The van der Waals surface area contributed by atoms with Crippen molar-refractivity contribution in [1.29, 1.82) is 0 Å². The molecule has 0 spiro atoms. The van der Waals surface area contributed by atoms with E-state index in [4.69, 9.17) is 5.11 Å². The van der Waals surface area contributed by atoms with Crippen molar-refractivity contribution in [3.05, 3.63) is 12.4 Å². The fraction of sp³-hybridized carbons (Fsp3) is 0.750. The Bertz CT molecular complexity index is 306. The van der Waals surface area contributed by atoms with Gasteiger partial charge in [-0.15, -0.1) is 0 Å². The lowest BCUT2D eigenvalue weighted by atomic mass is 10.1. The molecule has 3 nitrogen and oxygen atoms in total. The van der Waals surface area contributed by atoms with E-state index in [0.717, 1.165) is 10.9 Å². The summed E-state index contributed by atoms with van der Waals surface area (Å²) in [5, 5.41) is 9.92. The molecule has 1 saturated carbocycles. The third-order valence-corrected chi connectivity index (χ3v) is 4.13. The molecule has 0 unspecified atom stereocenters. The van der Waals surface area contributed by atoms with Crippen molar-refractivity contribution in [3.8, 4) is 0 Å². The monoisotopic (exact) mass is 240 g/mol. The topological polar surface area (TPSA) is 38.1 Å². The summed E-state index contributed by atoms with van der Waals surface area (Å²) in [6.45, 7) is 0.224. The maximum absolute atomic E-state index is 8.85. The minimum atomic E-state index is 0.224. The fourth-order valence-corrected chi connectivity index (χ4v) is 3.13. The summed E-state index contributed by atoms with van der Waals surface area (Å²) in [5.74, 6) is 0.740. The Kier molecular flexibility index (Phi) is 4.72. The normalized spacial score (nSPS) is 18.6. The summed E-state index contributed by atoms with van der Waals surface area (Å²) in [6.07, 6.45) is 12.0. The summed E-state index contributed by atoms with van der Waals surface area (Å²) in [4.78, 5) is 4.37. The van der Waals surface area contributed by atoms with E-state index in [9.17, 15) is 0 Å². The molecule has 0 radical (unpaired) electrons. The van der Waals surface area contributed by atoms with Crippen LogP contribution in [0.5, 0.6) is 0 Å². The molecular formula is C12H20N2OS. The average Bonchev–Trinajstić information content (AvgIpc) is 2.60. The number of hydrogen-bond acceptors (Lipinski definition) is 3. The molecule has 4 heteroatoms. The molecule has 1 N–H and O–H groups in total. The van der Waals surface area contributed by atoms with Crippen molar-refractivity contribution in [2.45, 2.75) is 49.7 Å². The van der Waals surface area contributed by atoms with Gasteiger partial charge in [-0.3, -0.25) is 0 Å². The third kappa shape index (κ3) is 3.01. The molecule has 1 aliphatic rings. The zero-order chi connectivity index (χ0) is 11.2. The average molecular weight is 240 g/mol. The second-order valence-electron chi connectivity index (χ2n) is 4.33. The number of aliphatic hydroxyl groups excluding tert-OH is 1. The van der Waals surface area contributed by atoms with Crippen molar-refractivity contribution in [3.63, 3.8) is 0 Å². The molecule has 1 fully saturated rings. The van der Waals surface area contributed by atoms with Crippen LogP contribution in [0.4, 0.5) is 0 Å². The largest absolute Gasteiger partial charge is 0.396 e. The fourth-order valence-electron chi connectivity index (χ4n) is 2.36. The number of imidazole rings is 1. The van der Waals surface area contributed by atoms with Gasteiger partial charge < -0.3 is 9.67 Å². The number of hydrogen-bond donors (Lipinski definition) is 1. The van der Waals surface area contributed by atoms with Gasteiger partial charge in [-0.25, -0.2) is 4.98 Å². The van der Waals surface area contributed by atoms with E-state index in [-0.39, 0.29) is 6.61 Å². The van der Waals surface area contributed by atoms with Crippen molar-refractivity contribution in [1.82, 2.24) is 9.55 Å². The SMILES string of the molecule is OCCSc1nccn1C1CCCCCC1. The highest BCUT2D eigenvalue weighted by molar-refractivity contribution is 7.99. The molecule has 0 aromatic carbocycles. The van der Waals surface area contributed by atoms with Crippen LogP contribution in [0, 0.1) is 0 Å². The lowest BCUT2D eigenvalue weighted by Crippen LogP contribution is -2.08. The summed E-state index contributed by atoms with van der Waals surface area (Å²) in [6, 6.07) is 0.631. The van der Waals surface area contributed by atoms with Gasteiger partial charge in [0.15, 0.2) is 5.16 Å². The van der Waals surface area contributed by atoms with Crippen molar-refractivity contribution >= 4 is 11.8 Å². The zero-order valence-electron chi connectivity index (χ0n) is 9.64. The van der Waals surface area contributed by atoms with E-state index in [0.29, 0.717) is 6.04 Å². The van der Waals surface area contributed by atoms with Gasteiger partial charge in [-0.2, -0.15) is 0 Å². The summed E-state index contributed by atoms with van der Waals surface area (Å²) in [5.41, 5.74) is 0. The number of thioether (sulfide) groups is 1. The van der Waals surface area contributed by atoms with Gasteiger partial charge in [-0.1, -0.05) is 37.4 Å². The number of nitrogens with zero attached hydrogens (tertiary/aromatic N) is 2. The van der Waals surface area contributed by atoms with Gasteiger partial charge in [0.25, 0.3) is 0 Å². The second-order valence-corrected chi connectivity index (χ2v) is 5.40. The first-order valence-electron chi connectivity index (χ1n) is 6.18. The third-order valence-electron chi connectivity index (χ3n) is 3.17. The van der Waals surface area contributed by atoms with Gasteiger partial charge in [-0.05, 0) is 12.8 Å². The Labute approximate surface area is 101 Å². The van der Waals surface area contributed by atoms with E-state index in [1.54, 1.807) is 11.8 Å². The van der Waals surface area contributed by atoms with Crippen molar-refractivity contribution in [2.24, 2.45) is 0 Å². The first kappa shape index (κ1) is 12.0. The van der Waals surface area contributed by atoms with Crippen molar-refractivity contribution in [2.75, 3.05) is 12.4 Å². The van der Waals surface area contributed by atoms with E-state index >= 15 is 0 Å². The Hall–Kier alpha value is -0.480. The minimum Gasteiger partial charge on any atom is -0.396 e. The molecule has 0 amide bonds. The molecular weight excluding hydrogens is 220 g/mol. The highest BCUT2D eigenvalue weighted by Crippen LogP contribution is 2.30. The number of aromatic nitrogens is 2. The second kappa shape index (κ2) is 6.30. The van der Waals surface area contributed by atoms with Crippen molar-refractivity contribution < 1.29 is 5.11 Å². The minimum absolute atomic E-state index is 0.224. The lowest BCUT2D eigenvalue weighted by molar-refractivity contribution is 0.322. The predicted molar refractivity (Wildman–Crippen MR) is 66.8 cm³/mol. The number of rotatable bonds is 4. The van der Waals surface area contributed by atoms with Crippen LogP contribution in [-0.4, -0.2) is 27.0 Å². The Morgan fingerprint density at radius 3 is 2.75 bits per heavy atom. The lowest BCUT2D eigenvalue weighted by Gasteiger charge is -2.18. The first-order chi connectivity index (χ1) is 7.92. The van der Waals surface area contributed by atoms with Crippen LogP contribution in [-0.2, 0) is 0 Å². The molecule has 1 aromatic heterocycles. The zero-order valence-corrected chi connectivity index (χ0v) is 10.5.